The van der Waals surface area contributed by atoms with E-state index in [4.69, 9.17) is 9.84 Å². The number of carboxylic acids is 1. The van der Waals surface area contributed by atoms with Crippen LogP contribution in [0.5, 0.6) is 0 Å². The number of carbonyl (C=O) groups is 2. The summed E-state index contributed by atoms with van der Waals surface area (Å²) in [4.78, 5) is 24.7. The number of hydrogen-bond donors (Lipinski definition) is 1. The fourth-order valence-corrected chi connectivity index (χ4v) is 2.81. The Balaban J connectivity index is 1.93. The Morgan fingerprint density at radius 3 is 2.56 bits per heavy atom. The van der Waals surface area contributed by atoms with Crippen molar-refractivity contribution in [1.82, 2.24) is 4.90 Å². The van der Waals surface area contributed by atoms with E-state index in [-0.39, 0.29) is 24.5 Å². The first-order valence-corrected chi connectivity index (χ1v) is 6.64. The van der Waals surface area contributed by atoms with Crippen LogP contribution in [0.3, 0.4) is 0 Å². The lowest BCUT2D eigenvalue weighted by atomic mass is 9.82. The molecule has 5 nitrogen and oxygen atoms in total. The van der Waals surface area contributed by atoms with E-state index in [2.05, 4.69) is 0 Å². The van der Waals surface area contributed by atoms with E-state index in [0.717, 1.165) is 12.8 Å². The molecular formula is C13H21NO4. The smallest absolute Gasteiger partial charge is 0.305 e. The Morgan fingerprint density at radius 2 is 2.06 bits per heavy atom. The second kappa shape index (κ2) is 5.69. The quantitative estimate of drug-likeness (QED) is 0.803. The van der Waals surface area contributed by atoms with Crippen LogP contribution in [0.4, 0.5) is 0 Å². The van der Waals surface area contributed by atoms with Gasteiger partial charge in [0.1, 0.15) is 0 Å². The van der Waals surface area contributed by atoms with Crippen LogP contribution in [0.2, 0.25) is 0 Å². The van der Waals surface area contributed by atoms with Crippen LogP contribution in [0, 0.1) is 5.92 Å². The van der Waals surface area contributed by atoms with Crippen molar-refractivity contribution in [3.05, 3.63) is 0 Å². The molecule has 102 valence electrons. The molecule has 0 aromatic carbocycles. The van der Waals surface area contributed by atoms with Crippen molar-refractivity contribution in [2.24, 2.45) is 5.92 Å². The van der Waals surface area contributed by atoms with E-state index in [1.54, 1.807) is 12.0 Å². The zero-order valence-corrected chi connectivity index (χ0v) is 10.8. The number of rotatable bonds is 5. The van der Waals surface area contributed by atoms with Gasteiger partial charge in [-0.05, 0) is 25.2 Å². The van der Waals surface area contributed by atoms with Gasteiger partial charge in [0.05, 0.1) is 12.5 Å². The first-order chi connectivity index (χ1) is 8.60. The summed E-state index contributed by atoms with van der Waals surface area (Å²) in [6.07, 6.45) is 4.71. The van der Waals surface area contributed by atoms with Gasteiger partial charge < -0.3 is 14.7 Å². The normalized spacial score (nSPS) is 28.2. The fourth-order valence-electron chi connectivity index (χ4n) is 2.81. The molecule has 1 saturated carbocycles. The molecule has 2 rings (SSSR count). The largest absolute Gasteiger partial charge is 0.481 e. The molecule has 1 amide bonds. The van der Waals surface area contributed by atoms with Gasteiger partial charge in [-0.25, -0.2) is 0 Å². The molecule has 2 fully saturated rings. The molecule has 0 bridgehead atoms. The lowest BCUT2D eigenvalue weighted by Gasteiger charge is -2.29. The van der Waals surface area contributed by atoms with Gasteiger partial charge in [0.2, 0.25) is 5.91 Å². The third kappa shape index (κ3) is 3.02. The second-order valence-corrected chi connectivity index (χ2v) is 5.39. The molecule has 5 heteroatoms. The third-order valence-electron chi connectivity index (χ3n) is 4.13. The fraction of sp³-hybridized carbons (Fsp3) is 0.846. The van der Waals surface area contributed by atoms with Crippen LogP contribution in [0.15, 0.2) is 0 Å². The number of methoxy groups -OCH3 is 1. The Morgan fingerprint density at radius 1 is 1.33 bits per heavy atom. The van der Waals surface area contributed by atoms with Gasteiger partial charge in [-0.2, -0.15) is 0 Å². The zero-order valence-electron chi connectivity index (χ0n) is 10.8. The molecule has 0 aromatic rings. The maximum Gasteiger partial charge on any atom is 0.305 e. The van der Waals surface area contributed by atoms with Crippen molar-refractivity contribution in [2.75, 3.05) is 13.7 Å². The molecule has 2 unspecified atom stereocenters. The second-order valence-electron chi connectivity index (χ2n) is 5.39. The number of ether oxygens (including phenoxy) is 1. The van der Waals surface area contributed by atoms with E-state index < -0.39 is 5.97 Å². The lowest BCUT2D eigenvalue weighted by Crippen LogP contribution is -2.38. The highest BCUT2D eigenvalue weighted by atomic mass is 16.5. The maximum absolute atomic E-state index is 12.2. The lowest BCUT2D eigenvalue weighted by molar-refractivity contribution is -0.140. The van der Waals surface area contributed by atoms with Gasteiger partial charge in [-0.3, -0.25) is 9.59 Å². The minimum atomic E-state index is -0.849. The van der Waals surface area contributed by atoms with E-state index in [0.29, 0.717) is 25.3 Å². The average molecular weight is 255 g/mol. The number of carboxylic acid groups (broad SMARTS) is 1. The minimum absolute atomic E-state index is 0.0142. The van der Waals surface area contributed by atoms with Crippen molar-refractivity contribution in [3.63, 3.8) is 0 Å². The monoisotopic (exact) mass is 255 g/mol. The van der Waals surface area contributed by atoms with Gasteiger partial charge in [0, 0.05) is 26.1 Å². The van der Waals surface area contributed by atoms with Gasteiger partial charge in [0.25, 0.3) is 0 Å². The van der Waals surface area contributed by atoms with Crippen molar-refractivity contribution in [2.45, 2.75) is 50.7 Å². The van der Waals surface area contributed by atoms with E-state index in [1.165, 1.54) is 6.42 Å². The summed E-state index contributed by atoms with van der Waals surface area (Å²) in [5, 5.41) is 8.89. The number of aliphatic carboxylic acids is 1. The molecule has 0 radical (unpaired) electrons. The first kappa shape index (κ1) is 13.3. The summed E-state index contributed by atoms with van der Waals surface area (Å²) >= 11 is 0. The third-order valence-corrected chi connectivity index (χ3v) is 4.13. The molecule has 1 saturated heterocycles. The zero-order chi connectivity index (χ0) is 13.1. The number of amides is 1. The molecule has 2 aliphatic rings. The maximum atomic E-state index is 12.2. The van der Waals surface area contributed by atoms with E-state index >= 15 is 0 Å². The summed E-state index contributed by atoms with van der Waals surface area (Å²) in [6, 6.07) is -0.194. The SMILES string of the molecule is COC1CC(CC(=O)O)N(C(=O)CC2CCC2)C1. The summed E-state index contributed by atoms with van der Waals surface area (Å²) in [6.45, 7) is 0.542. The van der Waals surface area contributed by atoms with Crippen LogP contribution in [-0.2, 0) is 14.3 Å². The average Bonchev–Trinajstić information content (AvgIpc) is 2.65. The predicted molar refractivity (Wildman–Crippen MR) is 65.1 cm³/mol. The standard InChI is InChI=1S/C13H21NO4/c1-18-11-6-10(7-13(16)17)14(8-11)12(15)5-9-3-2-4-9/h9-11H,2-8H2,1H3,(H,16,17). The minimum Gasteiger partial charge on any atom is -0.481 e. The Kier molecular flexibility index (Phi) is 4.22. The highest BCUT2D eigenvalue weighted by molar-refractivity contribution is 5.78. The molecular weight excluding hydrogens is 234 g/mol. The van der Waals surface area contributed by atoms with Crippen molar-refractivity contribution in [1.29, 1.82) is 0 Å². The van der Waals surface area contributed by atoms with Crippen LogP contribution < -0.4 is 0 Å². The molecule has 0 spiro atoms. The molecule has 18 heavy (non-hydrogen) atoms. The summed E-state index contributed by atoms with van der Waals surface area (Å²) in [5.41, 5.74) is 0. The van der Waals surface area contributed by atoms with E-state index in [1.807, 2.05) is 0 Å². The Hall–Kier alpha value is -1.10. The van der Waals surface area contributed by atoms with Gasteiger partial charge in [-0.1, -0.05) is 6.42 Å². The predicted octanol–water partition coefficient (Wildman–Crippen LogP) is 1.27. The summed E-state index contributed by atoms with van der Waals surface area (Å²) in [5.74, 6) is -0.228. The first-order valence-electron chi connectivity index (χ1n) is 6.64. The van der Waals surface area contributed by atoms with Crippen molar-refractivity contribution < 1.29 is 19.4 Å². The highest BCUT2D eigenvalue weighted by Crippen LogP contribution is 2.32. The van der Waals surface area contributed by atoms with Crippen LogP contribution in [-0.4, -0.2) is 47.7 Å². The number of likely N-dealkylation sites (tertiary alicyclic amines) is 1. The number of nitrogens with zero attached hydrogens (tertiary/aromatic N) is 1. The molecule has 1 aliphatic carbocycles. The van der Waals surface area contributed by atoms with Crippen LogP contribution in [0.25, 0.3) is 0 Å². The Labute approximate surface area is 107 Å². The van der Waals surface area contributed by atoms with Crippen LogP contribution >= 0.6 is 0 Å². The number of hydrogen-bond acceptors (Lipinski definition) is 3. The number of carbonyl (C=O) groups excluding carboxylic acids is 1. The van der Waals surface area contributed by atoms with Gasteiger partial charge >= 0.3 is 5.97 Å². The van der Waals surface area contributed by atoms with E-state index in [9.17, 15) is 9.59 Å². The molecule has 1 aliphatic heterocycles. The van der Waals surface area contributed by atoms with Crippen LogP contribution in [0.1, 0.15) is 38.5 Å². The van der Waals surface area contributed by atoms with Gasteiger partial charge in [0.15, 0.2) is 0 Å². The molecule has 2 atom stereocenters. The summed E-state index contributed by atoms with van der Waals surface area (Å²) in [7, 11) is 1.61. The van der Waals surface area contributed by atoms with Crippen molar-refractivity contribution >= 4 is 11.9 Å². The van der Waals surface area contributed by atoms with Gasteiger partial charge in [-0.15, -0.1) is 0 Å². The summed E-state index contributed by atoms with van der Waals surface area (Å²) < 4.78 is 5.26. The highest BCUT2D eigenvalue weighted by Gasteiger charge is 2.37. The molecule has 1 heterocycles. The van der Waals surface area contributed by atoms with Crippen molar-refractivity contribution in [3.8, 4) is 0 Å². The molecule has 0 aromatic heterocycles. The topological polar surface area (TPSA) is 66.8 Å². The Bertz CT molecular complexity index is 327. The molecule has 1 N–H and O–H groups in total.